The SMILES string of the molecule is c1ccc(CC2CCCN(c3cn(-c4ccccc4)nn3)C2)cc1. The molecular weight excluding hydrogens is 296 g/mol. The van der Waals surface area contributed by atoms with Gasteiger partial charge in [0.2, 0.25) is 0 Å². The van der Waals surface area contributed by atoms with Crippen LogP contribution in [-0.2, 0) is 6.42 Å². The molecule has 1 aliphatic heterocycles. The molecule has 0 aliphatic carbocycles. The molecular formula is C20H22N4. The van der Waals surface area contributed by atoms with Crippen LogP contribution in [0.2, 0.25) is 0 Å². The Hall–Kier alpha value is -2.62. The molecule has 0 amide bonds. The molecule has 2 aromatic carbocycles. The molecule has 0 saturated carbocycles. The summed E-state index contributed by atoms with van der Waals surface area (Å²) in [6, 6.07) is 20.9. The average Bonchev–Trinajstić information content (AvgIpc) is 3.14. The minimum Gasteiger partial charge on any atom is -0.354 e. The normalized spacial score (nSPS) is 17.8. The number of nitrogens with zero attached hydrogens (tertiary/aromatic N) is 4. The third kappa shape index (κ3) is 3.32. The smallest absolute Gasteiger partial charge is 0.171 e. The van der Waals surface area contributed by atoms with E-state index in [1.54, 1.807) is 0 Å². The van der Waals surface area contributed by atoms with Crippen LogP contribution in [0.5, 0.6) is 0 Å². The summed E-state index contributed by atoms with van der Waals surface area (Å²) in [7, 11) is 0. The van der Waals surface area contributed by atoms with Crippen molar-refractivity contribution in [2.24, 2.45) is 5.92 Å². The van der Waals surface area contributed by atoms with Gasteiger partial charge in [-0.1, -0.05) is 53.7 Å². The van der Waals surface area contributed by atoms with Crippen LogP contribution in [-0.4, -0.2) is 28.1 Å². The van der Waals surface area contributed by atoms with Crippen molar-refractivity contribution in [3.05, 3.63) is 72.4 Å². The van der Waals surface area contributed by atoms with E-state index in [2.05, 4.69) is 45.5 Å². The maximum Gasteiger partial charge on any atom is 0.171 e. The molecule has 4 rings (SSSR count). The lowest BCUT2D eigenvalue weighted by Gasteiger charge is -2.32. The zero-order chi connectivity index (χ0) is 16.2. The maximum absolute atomic E-state index is 4.40. The van der Waals surface area contributed by atoms with Gasteiger partial charge in [-0.25, -0.2) is 4.68 Å². The van der Waals surface area contributed by atoms with Crippen LogP contribution in [0.25, 0.3) is 5.69 Å². The van der Waals surface area contributed by atoms with Crippen molar-refractivity contribution in [1.29, 1.82) is 0 Å². The predicted molar refractivity (Wildman–Crippen MR) is 96.4 cm³/mol. The molecule has 24 heavy (non-hydrogen) atoms. The topological polar surface area (TPSA) is 34.0 Å². The Morgan fingerprint density at radius 3 is 2.50 bits per heavy atom. The summed E-state index contributed by atoms with van der Waals surface area (Å²) < 4.78 is 1.86. The van der Waals surface area contributed by atoms with Crippen molar-refractivity contribution >= 4 is 5.82 Å². The van der Waals surface area contributed by atoms with E-state index in [1.807, 2.05) is 41.2 Å². The molecule has 4 heteroatoms. The lowest BCUT2D eigenvalue weighted by molar-refractivity contribution is 0.411. The molecule has 0 spiro atoms. The quantitative estimate of drug-likeness (QED) is 0.735. The number of rotatable bonds is 4. The number of benzene rings is 2. The fourth-order valence-corrected chi connectivity index (χ4v) is 3.49. The van der Waals surface area contributed by atoms with Crippen LogP contribution in [0.3, 0.4) is 0 Å². The van der Waals surface area contributed by atoms with Crippen LogP contribution in [0.4, 0.5) is 5.82 Å². The second-order valence-electron chi connectivity index (χ2n) is 6.50. The van der Waals surface area contributed by atoms with E-state index in [-0.39, 0.29) is 0 Å². The van der Waals surface area contributed by atoms with Gasteiger partial charge in [-0.3, -0.25) is 0 Å². The van der Waals surface area contributed by atoms with Crippen LogP contribution < -0.4 is 4.90 Å². The van der Waals surface area contributed by atoms with Crippen LogP contribution in [0, 0.1) is 5.92 Å². The summed E-state index contributed by atoms with van der Waals surface area (Å²) in [5.74, 6) is 1.67. The molecule has 1 unspecified atom stereocenters. The summed E-state index contributed by atoms with van der Waals surface area (Å²) in [5.41, 5.74) is 2.48. The van der Waals surface area contributed by atoms with Gasteiger partial charge in [0, 0.05) is 13.1 Å². The monoisotopic (exact) mass is 318 g/mol. The van der Waals surface area contributed by atoms with Crippen molar-refractivity contribution in [2.45, 2.75) is 19.3 Å². The first kappa shape index (κ1) is 14.9. The predicted octanol–water partition coefficient (Wildman–Crippen LogP) is 3.73. The average molecular weight is 318 g/mol. The second kappa shape index (κ2) is 6.87. The first-order chi connectivity index (χ1) is 11.9. The number of piperidine rings is 1. The van der Waals surface area contributed by atoms with Gasteiger partial charge in [-0.05, 0) is 42.9 Å². The highest BCUT2D eigenvalue weighted by Crippen LogP contribution is 2.24. The number of aromatic nitrogens is 3. The molecule has 4 nitrogen and oxygen atoms in total. The number of hydrogen-bond donors (Lipinski definition) is 0. The van der Waals surface area contributed by atoms with Gasteiger partial charge in [0.05, 0.1) is 11.9 Å². The third-order valence-corrected chi connectivity index (χ3v) is 4.71. The van der Waals surface area contributed by atoms with Gasteiger partial charge in [0.15, 0.2) is 5.82 Å². The van der Waals surface area contributed by atoms with E-state index < -0.39 is 0 Å². The van der Waals surface area contributed by atoms with Gasteiger partial charge >= 0.3 is 0 Å². The number of anilines is 1. The first-order valence-electron chi connectivity index (χ1n) is 8.65. The fraction of sp³-hybridized carbons (Fsp3) is 0.300. The molecule has 1 saturated heterocycles. The summed E-state index contributed by atoms with van der Waals surface area (Å²) >= 11 is 0. The molecule has 1 fully saturated rings. The molecule has 1 atom stereocenters. The summed E-state index contributed by atoms with van der Waals surface area (Å²) in [5, 5.41) is 8.69. The Morgan fingerprint density at radius 2 is 1.71 bits per heavy atom. The van der Waals surface area contributed by atoms with Crippen LogP contribution in [0.1, 0.15) is 18.4 Å². The highest BCUT2D eigenvalue weighted by atomic mass is 15.5. The number of hydrogen-bond acceptors (Lipinski definition) is 3. The van der Waals surface area contributed by atoms with Crippen molar-refractivity contribution in [3.63, 3.8) is 0 Å². The van der Waals surface area contributed by atoms with E-state index >= 15 is 0 Å². The van der Waals surface area contributed by atoms with E-state index in [1.165, 1.54) is 18.4 Å². The summed E-state index contributed by atoms with van der Waals surface area (Å²) in [6.45, 7) is 2.13. The first-order valence-corrected chi connectivity index (χ1v) is 8.65. The lowest BCUT2D eigenvalue weighted by atomic mass is 9.91. The highest BCUT2D eigenvalue weighted by molar-refractivity contribution is 5.39. The van der Waals surface area contributed by atoms with Crippen molar-refractivity contribution in [1.82, 2.24) is 15.0 Å². The van der Waals surface area contributed by atoms with Gasteiger partial charge < -0.3 is 4.90 Å². The third-order valence-electron chi connectivity index (χ3n) is 4.71. The molecule has 1 aliphatic rings. The molecule has 1 aromatic heterocycles. The molecule has 3 aromatic rings. The van der Waals surface area contributed by atoms with E-state index in [0.29, 0.717) is 5.92 Å². The van der Waals surface area contributed by atoms with Gasteiger partial charge in [-0.15, -0.1) is 5.10 Å². The van der Waals surface area contributed by atoms with Crippen LogP contribution in [0.15, 0.2) is 66.9 Å². The van der Waals surface area contributed by atoms with Crippen molar-refractivity contribution in [3.8, 4) is 5.69 Å². The molecule has 0 radical (unpaired) electrons. The van der Waals surface area contributed by atoms with E-state index in [9.17, 15) is 0 Å². The molecule has 0 N–H and O–H groups in total. The van der Waals surface area contributed by atoms with Crippen molar-refractivity contribution < 1.29 is 0 Å². The molecule has 0 bridgehead atoms. The second-order valence-corrected chi connectivity index (χ2v) is 6.50. The Bertz CT molecular complexity index is 767. The maximum atomic E-state index is 4.40. The zero-order valence-electron chi connectivity index (χ0n) is 13.8. The Labute approximate surface area is 142 Å². The van der Waals surface area contributed by atoms with Gasteiger partial charge in [0.25, 0.3) is 0 Å². The number of para-hydroxylation sites is 1. The van der Waals surface area contributed by atoms with Crippen molar-refractivity contribution in [2.75, 3.05) is 18.0 Å². The summed E-state index contributed by atoms with van der Waals surface area (Å²) in [4.78, 5) is 2.38. The minimum atomic E-state index is 0.683. The lowest BCUT2D eigenvalue weighted by Crippen LogP contribution is -2.36. The highest BCUT2D eigenvalue weighted by Gasteiger charge is 2.22. The minimum absolute atomic E-state index is 0.683. The Balaban J connectivity index is 1.45. The Morgan fingerprint density at radius 1 is 0.958 bits per heavy atom. The molecule has 2 heterocycles. The largest absolute Gasteiger partial charge is 0.354 e. The summed E-state index contributed by atoms with van der Waals surface area (Å²) in [6.07, 6.45) is 5.69. The Kier molecular flexibility index (Phi) is 4.28. The van der Waals surface area contributed by atoms with Gasteiger partial charge in [-0.2, -0.15) is 0 Å². The van der Waals surface area contributed by atoms with E-state index in [0.717, 1.165) is 31.0 Å². The van der Waals surface area contributed by atoms with Gasteiger partial charge in [0.1, 0.15) is 0 Å². The standard InChI is InChI=1S/C20H22N4/c1-3-8-17(9-4-1)14-18-10-7-13-23(15-18)20-16-24(22-21-20)19-11-5-2-6-12-19/h1-6,8-9,11-12,16,18H,7,10,13-15H2. The fourth-order valence-electron chi connectivity index (χ4n) is 3.49. The van der Waals surface area contributed by atoms with E-state index in [4.69, 9.17) is 0 Å². The molecule has 122 valence electrons. The zero-order valence-corrected chi connectivity index (χ0v) is 13.8. The van der Waals surface area contributed by atoms with Crippen LogP contribution >= 0.6 is 0 Å².